The van der Waals surface area contributed by atoms with Gasteiger partial charge in [-0.1, -0.05) is 58.0 Å². The molecule has 0 fully saturated rings. The summed E-state index contributed by atoms with van der Waals surface area (Å²) in [6, 6.07) is 15.5. The first kappa shape index (κ1) is 27.0. The Hall–Kier alpha value is -4.02. The second-order valence-electron chi connectivity index (χ2n) is 11.1. The maximum atomic E-state index is 6.51. The summed E-state index contributed by atoms with van der Waals surface area (Å²) in [6.07, 6.45) is 3.74. The molecule has 0 radical (unpaired) electrons. The molecule has 0 saturated heterocycles. The second kappa shape index (κ2) is 10.4. The van der Waals surface area contributed by atoms with Crippen LogP contribution in [0.1, 0.15) is 32.2 Å². The number of pyridine rings is 2. The maximum absolute atomic E-state index is 6.51. The molecule has 4 aromatic rings. The van der Waals surface area contributed by atoms with Gasteiger partial charge in [0.1, 0.15) is 25.3 Å². The minimum absolute atomic E-state index is 0.177. The van der Waals surface area contributed by atoms with Crippen LogP contribution in [0.5, 0.6) is 17.4 Å². The van der Waals surface area contributed by atoms with E-state index in [1.54, 1.807) is 7.11 Å². The number of ether oxygens (including phenoxy) is 2. The molecule has 0 atom stereocenters. The number of benzene rings is 1. The fraction of sp³-hybridized carbons (Fsp3) is 0.290. The van der Waals surface area contributed by atoms with E-state index in [4.69, 9.17) is 15.2 Å². The summed E-state index contributed by atoms with van der Waals surface area (Å²) in [5.74, 6) is 5.27. The van der Waals surface area contributed by atoms with E-state index in [1.165, 1.54) is 0 Å². The Bertz CT molecular complexity index is 1520. The van der Waals surface area contributed by atoms with Crippen LogP contribution in [0, 0.1) is 18.4 Å². The van der Waals surface area contributed by atoms with Crippen molar-refractivity contribution in [3.05, 3.63) is 72.3 Å². The number of aromatic nitrogens is 3. The molecule has 0 bridgehead atoms. The molecule has 0 saturated carbocycles. The van der Waals surface area contributed by atoms with E-state index in [0.717, 1.165) is 28.1 Å². The van der Waals surface area contributed by atoms with Gasteiger partial charge in [-0.15, -0.1) is 5.54 Å². The standard InChI is InChI=1S/C31H36N4O2Si/c1-21-10-9-11-28(34-21)37-24-14-12-22(13-15-24)29-26(32)20-35(5)30(29)25-19-33-23(18-27(25)36-6)16-17-38(7,8)31(2,3)4/h9-15,18-20H,32H2,1-8H3. The molecule has 0 aliphatic heterocycles. The minimum atomic E-state index is -1.76. The van der Waals surface area contributed by atoms with Gasteiger partial charge in [0.25, 0.3) is 0 Å². The van der Waals surface area contributed by atoms with E-state index in [-0.39, 0.29) is 5.04 Å². The molecule has 0 aliphatic rings. The Morgan fingerprint density at radius 3 is 2.39 bits per heavy atom. The fourth-order valence-electron chi connectivity index (χ4n) is 3.92. The lowest BCUT2D eigenvalue weighted by atomic mass is 10.00. The molecule has 0 amide bonds. The Balaban J connectivity index is 1.70. The molecule has 6 nitrogen and oxygen atoms in total. The Kier molecular flexibility index (Phi) is 7.39. The summed E-state index contributed by atoms with van der Waals surface area (Å²) in [7, 11) is 1.88. The second-order valence-corrected chi connectivity index (χ2v) is 16.1. The van der Waals surface area contributed by atoms with Crippen LogP contribution in [0.2, 0.25) is 18.1 Å². The van der Waals surface area contributed by atoms with Gasteiger partial charge in [-0.2, -0.15) is 0 Å². The average Bonchev–Trinajstić information content (AvgIpc) is 3.15. The summed E-state index contributed by atoms with van der Waals surface area (Å²) >= 11 is 0. The van der Waals surface area contributed by atoms with Crippen molar-refractivity contribution in [2.45, 2.75) is 45.8 Å². The molecule has 2 N–H and O–H groups in total. The van der Waals surface area contributed by atoms with Gasteiger partial charge < -0.3 is 19.8 Å². The molecule has 0 aliphatic carbocycles. The van der Waals surface area contributed by atoms with Crippen molar-refractivity contribution >= 4 is 13.8 Å². The Morgan fingerprint density at radius 2 is 1.76 bits per heavy atom. The number of nitrogens with zero attached hydrogens (tertiary/aromatic N) is 3. The summed E-state index contributed by atoms with van der Waals surface area (Å²) in [4.78, 5) is 9.10. The Labute approximate surface area is 226 Å². The maximum Gasteiger partial charge on any atom is 0.219 e. The van der Waals surface area contributed by atoms with Gasteiger partial charge in [0, 0.05) is 42.8 Å². The van der Waals surface area contributed by atoms with E-state index in [0.29, 0.717) is 28.8 Å². The number of hydrogen-bond acceptors (Lipinski definition) is 5. The highest BCUT2D eigenvalue weighted by Gasteiger charge is 2.33. The summed E-state index contributed by atoms with van der Waals surface area (Å²) < 4.78 is 13.7. The van der Waals surface area contributed by atoms with Gasteiger partial charge in [-0.25, -0.2) is 9.97 Å². The largest absolute Gasteiger partial charge is 0.496 e. The number of methoxy groups -OCH3 is 1. The molecule has 1 aromatic carbocycles. The number of aryl methyl sites for hydroxylation is 2. The predicted molar refractivity (Wildman–Crippen MR) is 158 cm³/mol. The van der Waals surface area contributed by atoms with Crippen LogP contribution in [0.15, 0.2) is 60.9 Å². The highest BCUT2D eigenvalue weighted by Crippen LogP contribution is 2.42. The monoisotopic (exact) mass is 524 g/mol. The van der Waals surface area contributed by atoms with E-state index < -0.39 is 8.07 Å². The molecule has 196 valence electrons. The first-order chi connectivity index (χ1) is 17.9. The van der Waals surface area contributed by atoms with Gasteiger partial charge in [0.15, 0.2) is 0 Å². The molecule has 7 heteroatoms. The zero-order valence-corrected chi connectivity index (χ0v) is 24.5. The van der Waals surface area contributed by atoms with Gasteiger partial charge >= 0.3 is 0 Å². The number of rotatable bonds is 5. The average molecular weight is 525 g/mol. The van der Waals surface area contributed by atoms with Crippen LogP contribution < -0.4 is 15.2 Å². The first-order valence-electron chi connectivity index (χ1n) is 12.6. The van der Waals surface area contributed by atoms with E-state index in [9.17, 15) is 0 Å². The van der Waals surface area contributed by atoms with Crippen LogP contribution in [0.25, 0.3) is 22.4 Å². The van der Waals surface area contributed by atoms with Crippen LogP contribution in [-0.4, -0.2) is 29.7 Å². The first-order valence-corrected chi connectivity index (χ1v) is 15.6. The molecule has 0 spiro atoms. The topological polar surface area (TPSA) is 75.2 Å². The molecular formula is C31H36N4O2Si. The third-order valence-corrected chi connectivity index (χ3v) is 11.7. The third kappa shape index (κ3) is 5.61. The normalized spacial score (nSPS) is 11.6. The van der Waals surface area contributed by atoms with Gasteiger partial charge in [-0.05, 0) is 35.7 Å². The van der Waals surface area contributed by atoms with E-state index in [2.05, 4.69) is 55.3 Å². The lowest BCUT2D eigenvalue weighted by Gasteiger charge is -2.31. The van der Waals surface area contributed by atoms with Crippen molar-refractivity contribution in [3.63, 3.8) is 0 Å². The molecule has 38 heavy (non-hydrogen) atoms. The molecule has 3 aromatic heterocycles. The molecule has 3 heterocycles. The lowest BCUT2D eigenvalue weighted by Crippen LogP contribution is -2.35. The zero-order chi connectivity index (χ0) is 27.7. The smallest absolute Gasteiger partial charge is 0.219 e. The van der Waals surface area contributed by atoms with Crippen molar-refractivity contribution in [3.8, 4) is 51.2 Å². The van der Waals surface area contributed by atoms with Crippen LogP contribution in [0.3, 0.4) is 0 Å². The van der Waals surface area contributed by atoms with Crippen LogP contribution in [0.4, 0.5) is 5.69 Å². The number of nitrogens with two attached hydrogens (primary N) is 1. The Morgan fingerprint density at radius 1 is 1.05 bits per heavy atom. The quantitative estimate of drug-likeness (QED) is 0.220. The SMILES string of the molecule is COc1cc(C#C[Si](C)(C)C(C)(C)C)ncc1-c1c(-c2ccc(Oc3cccc(C)n3)cc2)c(N)cn1C. The molecular weight excluding hydrogens is 488 g/mol. The summed E-state index contributed by atoms with van der Waals surface area (Å²) in [6.45, 7) is 13.3. The number of nitrogen functional groups attached to an aromatic ring is 1. The number of anilines is 1. The van der Waals surface area contributed by atoms with Crippen LogP contribution in [-0.2, 0) is 7.05 Å². The fourth-order valence-corrected chi connectivity index (χ4v) is 4.74. The van der Waals surface area contributed by atoms with Gasteiger partial charge in [0.2, 0.25) is 5.88 Å². The third-order valence-electron chi connectivity index (χ3n) is 7.16. The summed E-state index contributed by atoms with van der Waals surface area (Å²) in [5.41, 5.74) is 16.0. The van der Waals surface area contributed by atoms with Crippen LogP contribution >= 0.6 is 0 Å². The van der Waals surface area contributed by atoms with Crippen molar-refractivity contribution < 1.29 is 9.47 Å². The van der Waals surface area contributed by atoms with Crippen molar-refractivity contribution in [2.75, 3.05) is 12.8 Å². The molecule has 0 unspecified atom stereocenters. The summed E-state index contributed by atoms with van der Waals surface area (Å²) in [5, 5.41) is 0.177. The van der Waals surface area contributed by atoms with Gasteiger partial charge in [-0.3, -0.25) is 0 Å². The van der Waals surface area contributed by atoms with Crippen molar-refractivity contribution in [2.24, 2.45) is 7.05 Å². The highest BCUT2D eigenvalue weighted by atomic mass is 28.3. The van der Waals surface area contributed by atoms with Crippen molar-refractivity contribution in [1.29, 1.82) is 0 Å². The van der Waals surface area contributed by atoms with Crippen molar-refractivity contribution in [1.82, 2.24) is 14.5 Å². The zero-order valence-electron chi connectivity index (χ0n) is 23.5. The highest BCUT2D eigenvalue weighted by molar-refractivity contribution is 6.87. The lowest BCUT2D eigenvalue weighted by molar-refractivity contribution is 0.415. The van der Waals surface area contributed by atoms with Gasteiger partial charge in [0.05, 0.1) is 24.1 Å². The predicted octanol–water partition coefficient (Wildman–Crippen LogP) is 7.24. The molecule has 4 rings (SSSR count). The van der Waals surface area contributed by atoms with E-state index >= 15 is 0 Å². The number of hydrogen-bond donors (Lipinski definition) is 1. The van der Waals surface area contributed by atoms with E-state index in [1.807, 2.05) is 79.5 Å². The minimum Gasteiger partial charge on any atom is -0.496 e.